The molecule has 0 aliphatic carbocycles. The highest BCUT2D eigenvalue weighted by atomic mass is 16.6. The number of carbonyl (C=O) groups excluding carboxylic acids is 4. The number of nitrogens with zero attached hydrogens (tertiary/aromatic N) is 2. The molecule has 0 saturated heterocycles. The molecule has 0 aliphatic heterocycles. The Kier molecular flexibility index (Phi) is 17.2. The fraction of sp³-hybridized carbons (Fsp3) is 0.722. The van der Waals surface area contributed by atoms with Crippen LogP contribution in [0.4, 0.5) is 19.2 Å². The van der Waals surface area contributed by atoms with E-state index in [1.807, 2.05) is 30.3 Å². The minimum atomic E-state index is -0.766. The quantitative estimate of drug-likeness (QED) is 0.151. The Labute approximate surface area is 293 Å². The largest absolute Gasteiger partial charge is 0.444 e. The highest BCUT2D eigenvalue weighted by molar-refractivity contribution is 5.70. The van der Waals surface area contributed by atoms with Crippen molar-refractivity contribution in [1.29, 1.82) is 0 Å². The lowest BCUT2D eigenvalue weighted by molar-refractivity contribution is 0.0104. The van der Waals surface area contributed by atoms with E-state index < -0.39 is 46.8 Å². The van der Waals surface area contributed by atoms with Gasteiger partial charge < -0.3 is 44.1 Å². The van der Waals surface area contributed by atoms with Crippen molar-refractivity contribution >= 4 is 24.4 Å². The molecule has 0 unspecified atom stereocenters. The standard InChI is InChI=1S/C36H62N4O9/c1-33(2,3)46-29(41)37-19-21-39(31(43)48-35(7,8)9)24-28(18-23-45-26-27-16-14-13-15-17-27)25-40(32(44)49-36(10,11)12)22-20-38-30(42)47-34(4,5)6/h13-17,28H,18-26H2,1-12H3,(H,37,41)(H,38,42). The van der Waals surface area contributed by atoms with Crippen LogP contribution in [0.1, 0.15) is 95.1 Å². The summed E-state index contributed by atoms with van der Waals surface area (Å²) in [6.07, 6.45) is -1.86. The van der Waals surface area contributed by atoms with Gasteiger partial charge in [-0.15, -0.1) is 0 Å². The second-order valence-corrected chi connectivity index (χ2v) is 15.9. The maximum Gasteiger partial charge on any atom is 0.410 e. The van der Waals surface area contributed by atoms with Gasteiger partial charge in [0.1, 0.15) is 22.4 Å². The Morgan fingerprint density at radius 3 is 1.37 bits per heavy atom. The van der Waals surface area contributed by atoms with Crippen LogP contribution < -0.4 is 10.6 Å². The third kappa shape index (κ3) is 22.5. The zero-order chi connectivity index (χ0) is 37.5. The molecule has 1 aromatic carbocycles. The van der Waals surface area contributed by atoms with Crippen molar-refractivity contribution in [1.82, 2.24) is 20.4 Å². The van der Waals surface area contributed by atoms with Crippen LogP contribution in [0.15, 0.2) is 30.3 Å². The number of ether oxygens (including phenoxy) is 5. The molecule has 2 N–H and O–H groups in total. The van der Waals surface area contributed by atoms with E-state index >= 15 is 0 Å². The molecule has 0 fully saturated rings. The highest BCUT2D eigenvalue weighted by Gasteiger charge is 2.29. The summed E-state index contributed by atoms with van der Waals surface area (Å²) < 4.78 is 28.1. The van der Waals surface area contributed by atoms with Gasteiger partial charge in [0.2, 0.25) is 0 Å². The zero-order valence-electron chi connectivity index (χ0n) is 31.9. The van der Waals surface area contributed by atoms with Crippen molar-refractivity contribution in [3.05, 3.63) is 35.9 Å². The van der Waals surface area contributed by atoms with Crippen LogP contribution in [-0.2, 0) is 30.3 Å². The Hall–Kier alpha value is -3.74. The van der Waals surface area contributed by atoms with Crippen LogP contribution in [0.3, 0.4) is 0 Å². The first kappa shape index (κ1) is 43.3. The number of carbonyl (C=O) groups is 4. The second-order valence-electron chi connectivity index (χ2n) is 15.9. The van der Waals surface area contributed by atoms with Crippen LogP contribution in [0.5, 0.6) is 0 Å². The van der Waals surface area contributed by atoms with E-state index in [1.54, 1.807) is 83.1 Å². The second kappa shape index (κ2) is 19.4. The van der Waals surface area contributed by atoms with Crippen molar-refractivity contribution in [2.24, 2.45) is 5.92 Å². The van der Waals surface area contributed by atoms with Gasteiger partial charge in [-0.1, -0.05) is 30.3 Å². The number of hydrogen-bond acceptors (Lipinski definition) is 9. The third-order valence-electron chi connectivity index (χ3n) is 6.14. The van der Waals surface area contributed by atoms with Crippen LogP contribution in [0.2, 0.25) is 0 Å². The lowest BCUT2D eigenvalue weighted by Crippen LogP contribution is -2.48. The van der Waals surface area contributed by atoms with Crippen molar-refractivity contribution in [2.75, 3.05) is 45.9 Å². The van der Waals surface area contributed by atoms with Gasteiger partial charge in [0.25, 0.3) is 0 Å². The van der Waals surface area contributed by atoms with Crippen molar-refractivity contribution in [3.63, 3.8) is 0 Å². The van der Waals surface area contributed by atoms with E-state index in [4.69, 9.17) is 23.7 Å². The van der Waals surface area contributed by atoms with Gasteiger partial charge in [-0.25, -0.2) is 19.2 Å². The lowest BCUT2D eigenvalue weighted by atomic mass is 10.0. The van der Waals surface area contributed by atoms with Crippen LogP contribution in [0.25, 0.3) is 0 Å². The molecule has 0 radical (unpaired) electrons. The maximum absolute atomic E-state index is 13.4. The summed E-state index contributed by atoms with van der Waals surface area (Å²) in [6.45, 7) is 22.8. The molecule has 0 aromatic heterocycles. The predicted octanol–water partition coefficient (Wildman–Crippen LogP) is 6.73. The Morgan fingerprint density at radius 2 is 1.00 bits per heavy atom. The number of rotatable bonds is 15. The van der Waals surface area contributed by atoms with Gasteiger partial charge >= 0.3 is 24.4 Å². The summed E-state index contributed by atoms with van der Waals surface area (Å²) in [5.41, 5.74) is -1.87. The molecule has 0 saturated carbocycles. The molecular formula is C36H62N4O9. The Morgan fingerprint density at radius 1 is 0.612 bits per heavy atom. The molecule has 0 atom stereocenters. The Bertz CT molecular complexity index is 1100. The van der Waals surface area contributed by atoms with Crippen LogP contribution >= 0.6 is 0 Å². The van der Waals surface area contributed by atoms with Crippen LogP contribution in [0, 0.1) is 5.92 Å². The molecule has 0 heterocycles. The normalized spacial score (nSPS) is 12.2. The molecule has 0 spiro atoms. The van der Waals surface area contributed by atoms with E-state index in [0.717, 1.165) is 5.56 Å². The lowest BCUT2D eigenvalue weighted by Gasteiger charge is -2.34. The molecule has 4 amide bonds. The number of benzene rings is 1. The van der Waals surface area contributed by atoms with Crippen molar-refractivity contribution < 1.29 is 42.9 Å². The molecule has 1 aromatic rings. The van der Waals surface area contributed by atoms with Crippen LogP contribution in [-0.4, -0.2) is 102 Å². The van der Waals surface area contributed by atoms with Gasteiger partial charge in [-0.3, -0.25) is 0 Å². The first-order valence-corrected chi connectivity index (χ1v) is 16.9. The summed E-state index contributed by atoms with van der Waals surface area (Å²) in [5.74, 6) is -0.307. The van der Waals surface area contributed by atoms with Crippen molar-refractivity contribution in [3.8, 4) is 0 Å². The average Bonchev–Trinajstić information content (AvgIpc) is 2.90. The summed E-state index contributed by atoms with van der Waals surface area (Å²) in [7, 11) is 0. The molecule has 0 bridgehead atoms. The fourth-order valence-corrected chi connectivity index (χ4v) is 4.26. The van der Waals surface area contributed by atoms with Gasteiger partial charge in [0.05, 0.1) is 6.61 Å². The first-order valence-electron chi connectivity index (χ1n) is 16.9. The average molecular weight is 695 g/mol. The fourth-order valence-electron chi connectivity index (χ4n) is 4.26. The smallest absolute Gasteiger partial charge is 0.410 e. The Balaban J connectivity index is 3.24. The number of nitrogens with one attached hydrogen (secondary N) is 2. The van der Waals surface area contributed by atoms with Gasteiger partial charge in [0, 0.05) is 45.9 Å². The molecule has 0 aliphatic rings. The summed E-state index contributed by atoms with van der Waals surface area (Å²) in [4.78, 5) is 54.6. The zero-order valence-corrected chi connectivity index (χ0v) is 31.9. The highest BCUT2D eigenvalue weighted by Crippen LogP contribution is 2.17. The SMILES string of the molecule is CC(C)(C)OC(=O)NCCN(CC(CCOCc1ccccc1)CN(CCNC(=O)OC(C)(C)C)C(=O)OC(C)(C)C)C(=O)OC(C)(C)C. The van der Waals surface area contributed by atoms with E-state index in [1.165, 1.54) is 9.80 Å². The minimum absolute atomic E-state index is 0.112. The maximum atomic E-state index is 13.4. The monoisotopic (exact) mass is 694 g/mol. The minimum Gasteiger partial charge on any atom is -0.444 e. The third-order valence-corrected chi connectivity index (χ3v) is 6.14. The molecular weight excluding hydrogens is 632 g/mol. The molecule has 49 heavy (non-hydrogen) atoms. The topological polar surface area (TPSA) is 145 Å². The summed E-state index contributed by atoms with van der Waals surface area (Å²) >= 11 is 0. The predicted molar refractivity (Wildman–Crippen MR) is 188 cm³/mol. The van der Waals surface area contributed by atoms with Gasteiger partial charge in [0.15, 0.2) is 0 Å². The summed E-state index contributed by atoms with van der Waals surface area (Å²) in [6, 6.07) is 9.76. The number of amides is 4. The number of hydrogen-bond donors (Lipinski definition) is 2. The summed E-state index contributed by atoms with van der Waals surface area (Å²) in [5, 5.41) is 5.40. The van der Waals surface area contributed by atoms with E-state index in [-0.39, 0.29) is 45.2 Å². The first-order chi connectivity index (χ1) is 22.4. The molecule has 1 rings (SSSR count). The van der Waals surface area contributed by atoms with Gasteiger partial charge in [-0.2, -0.15) is 0 Å². The van der Waals surface area contributed by atoms with E-state index in [0.29, 0.717) is 19.6 Å². The number of alkyl carbamates (subject to hydrolysis) is 2. The molecule has 13 nitrogen and oxygen atoms in total. The van der Waals surface area contributed by atoms with E-state index in [9.17, 15) is 19.2 Å². The van der Waals surface area contributed by atoms with E-state index in [2.05, 4.69) is 10.6 Å². The van der Waals surface area contributed by atoms with Gasteiger partial charge in [-0.05, 0) is 101 Å². The molecule has 280 valence electrons. The molecule has 13 heteroatoms. The van der Waals surface area contributed by atoms with Crippen molar-refractivity contribution in [2.45, 2.75) is 119 Å².